The van der Waals surface area contributed by atoms with Crippen LogP contribution in [-0.4, -0.2) is 47.9 Å². The number of likely N-dealkylation sites (tertiary alicyclic amines) is 1. The molecule has 2 fully saturated rings. The van der Waals surface area contributed by atoms with Crippen molar-refractivity contribution in [3.63, 3.8) is 0 Å². The Morgan fingerprint density at radius 2 is 1.88 bits per heavy atom. The van der Waals surface area contributed by atoms with Gasteiger partial charge in [-0.25, -0.2) is 4.98 Å². The summed E-state index contributed by atoms with van der Waals surface area (Å²) in [6.45, 7) is 2.41. The number of nitrogens with two attached hydrogens (primary N) is 1. The Bertz CT molecular complexity index is 745. The molecule has 0 radical (unpaired) electrons. The Labute approximate surface area is 152 Å². The highest BCUT2D eigenvalue weighted by molar-refractivity contribution is 5.92. The summed E-state index contributed by atoms with van der Waals surface area (Å²) in [6.07, 6.45) is 3.36. The number of rotatable bonds is 4. The van der Waals surface area contributed by atoms with Crippen LogP contribution in [0, 0.1) is 0 Å². The molecular formula is C19H23N3O4. The number of carbonyl (C=O) groups is 1. The Morgan fingerprint density at radius 3 is 2.58 bits per heavy atom. The number of benzene rings is 1. The summed E-state index contributed by atoms with van der Waals surface area (Å²) in [6, 6.07) is 9.52. The number of hydrogen-bond donors (Lipinski definition) is 1. The predicted octanol–water partition coefficient (Wildman–Crippen LogP) is 1.90. The molecule has 26 heavy (non-hydrogen) atoms. The van der Waals surface area contributed by atoms with Gasteiger partial charge in [-0.3, -0.25) is 4.79 Å². The second kappa shape index (κ2) is 7.19. The zero-order valence-electron chi connectivity index (χ0n) is 14.6. The van der Waals surface area contributed by atoms with E-state index in [4.69, 9.17) is 19.6 Å². The number of carbonyl (C=O) groups excluding carboxylic acids is 1. The number of aromatic nitrogens is 1. The van der Waals surface area contributed by atoms with Crippen molar-refractivity contribution in [2.45, 2.75) is 31.1 Å². The molecule has 1 aromatic heterocycles. The van der Waals surface area contributed by atoms with E-state index in [-0.39, 0.29) is 11.9 Å². The van der Waals surface area contributed by atoms with Crippen molar-refractivity contribution < 1.29 is 18.7 Å². The molecule has 0 saturated carbocycles. The molecule has 1 amide bonds. The van der Waals surface area contributed by atoms with Gasteiger partial charge in [-0.15, -0.1) is 0 Å². The topological polar surface area (TPSA) is 90.8 Å². The molecule has 1 atom stereocenters. The summed E-state index contributed by atoms with van der Waals surface area (Å²) in [5.41, 5.74) is 7.58. The molecule has 138 valence electrons. The van der Waals surface area contributed by atoms with Gasteiger partial charge in [-0.05, 0) is 12.0 Å². The van der Waals surface area contributed by atoms with E-state index in [2.05, 4.69) is 4.98 Å². The van der Waals surface area contributed by atoms with Gasteiger partial charge in [0, 0.05) is 25.9 Å². The number of hydrogen-bond acceptors (Lipinski definition) is 6. The Balaban J connectivity index is 1.37. The van der Waals surface area contributed by atoms with Crippen molar-refractivity contribution in [2.75, 3.05) is 26.3 Å². The quantitative estimate of drug-likeness (QED) is 0.899. The van der Waals surface area contributed by atoms with Crippen LogP contribution in [0.2, 0.25) is 0 Å². The van der Waals surface area contributed by atoms with Crippen molar-refractivity contribution in [3.8, 4) is 0 Å². The Hall–Kier alpha value is -2.22. The lowest BCUT2D eigenvalue weighted by Crippen LogP contribution is -2.47. The van der Waals surface area contributed by atoms with E-state index >= 15 is 0 Å². The zero-order chi connectivity index (χ0) is 18.0. The van der Waals surface area contributed by atoms with Gasteiger partial charge >= 0.3 is 0 Å². The SMILES string of the molecule is NC(Cc1ccccc1)c1nc(C(=O)N2CCC3(CC2)OCCO3)co1. The third-order valence-corrected chi connectivity index (χ3v) is 4.98. The number of oxazole rings is 1. The second-order valence-electron chi connectivity index (χ2n) is 6.77. The predicted molar refractivity (Wildman–Crippen MR) is 93.3 cm³/mol. The normalized spacial score (nSPS) is 20.4. The van der Waals surface area contributed by atoms with Crippen LogP contribution in [0.25, 0.3) is 0 Å². The minimum absolute atomic E-state index is 0.139. The highest BCUT2D eigenvalue weighted by atomic mass is 16.7. The minimum atomic E-state index is -0.496. The number of amides is 1. The van der Waals surface area contributed by atoms with Gasteiger partial charge in [0.15, 0.2) is 11.5 Å². The number of ether oxygens (including phenoxy) is 2. The van der Waals surface area contributed by atoms with Crippen LogP contribution in [-0.2, 0) is 15.9 Å². The van der Waals surface area contributed by atoms with E-state index in [1.165, 1.54) is 6.26 Å². The summed E-state index contributed by atoms with van der Waals surface area (Å²) < 4.78 is 16.9. The fraction of sp³-hybridized carbons (Fsp3) is 0.474. The van der Waals surface area contributed by atoms with E-state index in [1.54, 1.807) is 4.90 Å². The van der Waals surface area contributed by atoms with Gasteiger partial charge in [0.2, 0.25) is 5.89 Å². The molecule has 0 aliphatic carbocycles. The van der Waals surface area contributed by atoms with Gasteiger partial charge in [-0.2, -0.15) is 0 Å². The molecule has 2 aliphatic heterocycles. The van der Waals surface area contributed by atoms with Crippen molar-refractivity contribution in [1.82, 2.24) is 9.88 Å². The highest BCUT2D eigenvalue weighted by Crippen LogP contribution is 2.31. The lowest BCUT2D eigenvalue weighted by Gasteiger charge is -2.37. The molecule has 3 heterocycles. The van der Waals surface area contributed by atoms with Crippen molar-refractivity contribution in [3.05, 3.63) is 53.7 Å². The van der Waals surface area contributed by atoms with Crippen molar-refractivity contribution >= 4 is 5.91 Å². The Morgan fingerprint density at radius 1 is 1.19 bits per heavy atom. The first-order valence-corrected chi connectivity index (χ1v) is 8.97. The Kier molecular flexibility index (Phi) is 4.76. The maximum atomic E-state index is 12.7. The summed E-state index contributed by atoms with van der Waals surface area (Å²) in [5, 5.41) is 0. The highest BCUT2D eigenvalue weighted by Gasteiger charge is 2.41. The molecule has 7 heteroatoms. The average Bonchev–Trinajstić information content (AvgIpc) is 3.33. The molecule has 0 bridgehead atoms. The van der Waals surface area contributed by atoms with Gasteiger partial charge < -0.3 is 24.5 Å². The smallest absolute Gasteiger partial charge is 0.275 e. The van der Waals surface area contributed by atoms with E-state index in [0.717, 1.165) is 5.56 Å². The van der Waals surface area contributed by atoms with E-state index in [9.17, 15) is 4.79 Å². The lowest BCUT2D eigenvalue weighted by molar-refractivity contribution is -0.181. The maximum absolute atomic E-state index is 12.7. The van der Waals surface area contributed by atoms with Gasteiger partial charge in [0.25, 0.3) is 5.91 Å². The van der Waals surface area contributed by atoms with Gasteiger partial charge in [-0.1, -0.05) is 30.3 Å². The third-order valence-electron chi connectivity index (χ3n) is 4.98. The first-order chi connectivity index (χ1) is 12.7. The van der Waals surface area contributed by atoms with Crippen LogP contribution in [0.5, 0.6) is 0 Å². The molecule has 4 rings (SSSR count). The van der Waals surface area contributed by atoms with E-state index in [1.807, 2.05) is 30.3 Å². The minimum Gasteiger partial charge on any atom is -0.446 e. The largest absolute Gasteiger partial charge is 0.446 e. The lowest BCUT2D eigenvalue weighted by atomic mass is 10.0. The van der Waals surface area contributed by atoms with Gasteiger partial charge in [0.05, 0.1) is 19.3 Å². The molecule has 2 saturated heterocycles. The molecule has 1 unspecified atom stereocenters. The van der Waals surface area contributed by atoms with Crippen LogP contribution in [0.15, 0.2) is 41.0 Å². The molecular weight excluding hydrogens is 334 g/mol. The molecule has 2 aliphatic rings. The van der Waals surface area contributed by atoms with Gasteiger partial charge in [0.1, 0.15) is 6.26 Å². The van der Waals surface area contributed by atoms with Crippen molar-refractivity contribution in [1.29, 1.82) is 0 Å². The van der Waals surface area contributed by atoms with E-state index in [0.29, 0.717) is 57.2 Å². The van der Waals surface area contributed by atoms with Crippen molar-refractivity contribution in [2.24, 2.45) is 5.73 Å². The molecule has 2 N–H and O–H groups in total. The first-order valence-electron chi connectivity index (χ1n) is 8.97. The second-order valence-corrected chi connectivity index (χ2v) is 6.77. The van der Waals surface area contributed by atoms with Crippen LogP contribution in [0.3, 0.4) is 0 Å². The summed E-state index contributed by atoms with van der Waals surface area (Å²) in [5.74, 6) is -0.253. The first kappa shape index (κ1) is 17.2. The summed E-state index contributed by atoms with van der Waals surface area (Å²) >= 11 is 0. The molecule has 1 aromatic carbocycles. The third kappa shape index (κ3) is 3.51. The van der Waals surface area contributed by atoms with Crippen LogP contribution >= 0.6 is 0 Å². The monoisotopic (exact) mass is 357 g/mol. The van der Waals surface area contributed by atoms with Crippen LogP contribution < -0.4 is 5.73 Å². The number of piperidine rings is 1. The zero-order valence-corrected chi connectivity index (χ0v) is 14.6. The average molecular weight is 357 g/mol. The summed E-state index contributed by atoms with van der Waals surface area (Å²) in [7, 11) is 0. The molecule has 7 nitrogen and oxygen atoms in total. The molecule has 2 aromatic rings. The van der Waals surface area contributed by atoms with E-state index < -0.39 is 5.79 Å². The standard InChI is InChI=1S/C19H23N3O4/c20-15(12-14-4-2-1-3-5-14)17-21-16(13-24-17)18(23)22-8-6-19(7-9-22)25-10-11-26-19/h1-5,13,15H,6-12,20H2. The fourth-order valence-electron chi connectivity index (χ4n) is 3.51. The van der Waals surface area contributed by atoms with Crippen LogP contribution in [0.4, 0.5) is 0 Å². The summed E-state index contributed by atoms with van der Waals surface area (Å²) in [4.78, 5) is 18.8. The maximum Gasteiger partial charge on any atom is 0.275 e. The molecule has 1 spiro atoms. The van der Waals surface area contributed by atoms with Crippen LogP contribution in [0.1, 0.15) is 40.8 Å². The fourth-order valence-corrected chi connectivity index (χ4v) is 3.51. The number of nitrogens with zero attached hydrogens (tertiary/aromatic N) is 2.